The van der Waals surface area contributed by atoms with Crippen LogP contribution in [-0.2, 0) is 18.3 Å². The van der Waals surface area contributed by atoms with Crippen molar-refractivity contribution in [1.29, 1.82) is 0 Å². The summed E-state index contributed by atoms with van der Waals surface area (Å²) in [7, 11) is 1.99. The zero-order valence-corrected chi connectivity index (χ0v) is 11.8. The van der Waals surface area contributed by atoms with Gasteiger partial charge in [0.15, 0.2) is 0 Å². The Labute approximate surface area is 115 Å². The maximum Gasteiger partial charge on any atom is 0.224 e. The Morgan fingerprint density at radius 3 is 2.61 bits per heavy atom. The van der Waals surface area contributed by atoms with Crippen molar-refractivity contribution in [1.82, 2.24) is 4.57 Å². The first-order chi connectivity index (χ1) is 8.65. The van der Waals surface area contributed by atoms with Crippen LogP contribution in [0.3, 0.4) is 0 Å². The number of benzene rings is 1. The van der Waals surface area contributed by atoms with Crippen LogP contribution >= 0.6 is 15.9 Å². The third kappa shape index (κ3) is 3.47. The highest BCUT2D eigenvalue weighted by atomic mass is 79.9. The average molecular weight is 307 g/mol. The van der Waals surface area contributed by atoms with Crippen LogP contribution in [0.15, 0.2) is 47.1 Å². The van der Waals surface area contributed by atoms with Crippen LogP contribution in [0.2, 0.25) is 0 Å². The first-order valence-electron chi connectivity index (χ1n) is 5.81. The van der Waals surface area contributed by atoms with E-state index in [2.05, 4.69) is 21.2 Å². The quantitative estimate of drug-likeness (QED) is 0.923. The molecule has 94 valence electrons. The van der Waals surface area contributed by atoms with E-state index in [0.717, 1.165) is 16.6 Å². The Kier molecular flexibility index (Phi) is 4.20. The van der Waals surface area contributed by atoms with Gasteiger partial charge in [-0.05, 0) is 42.8 Å². The van der Waals surface area contributed by atoms with Crippen LogP contribution in [0.5, 0.6) is 0 Å². The molecule has 0 aliphatic carbocycles. The molecule has 2 aromatic rings. The molecule has 0 spiro atoms. The SMILES string of the molecule is Cn1cccc1CCC(=O)Nc1ccc(Br)cc1. The minimum absolute atomic E-state index is 0.0403. The van der Waals surface area contributed by atoms with E-state index in [-0.39, 0.29) is 5.91 Å². The molecule has 0 radical (unpaired) electrons. The first-order valence-corrected chi connectivity index (χ1v) is 6.60. The molecule has 0 atom stereocenters. The normalized spacial score (nSPS) is 10.3. The molecule has 1 heterocycles. The Balaban J connectivity index is 1.86. The van der Waals surface area contributed by atoms with Gasteiger partial charge in [-0.3, -0.25) is 4.79 Å². The largest absolute Gasteiger partial charge is 0.354 e. The second kappa shape index (κ2) is 5.87. The van der Waals surface area contributed by atoms with Gasteiger partial charge in [-0.1, -0.05) is 15.9 Å². The molecule has 2 rings (SSSR count). The number of halogens is 1. The number of rotatable bonds is 4. The van der Waals surface area contributed by atoms with E-state index in [0.29, 0.717) is 6.42 Å². The van der Waals surface area contributed by atoms with Gasteiger partial charge in [-0.25, -0.2) is 0 Å². The van der Waals surface area contributed by atoms with Crippen LogP contribution < -0.4 is 5.32 Å². The highest BCUT2D eigenvalue weighted by Gasteiger charge is 2.04. The number of aryl methyl sites for hydroxylation is 2. The summed E-state index contributed by atoms with van der Waals surface area (Å²) in [5.74, 6) is 0.0403. The second-order valence-corrected chi connectivity index (χ2v) is 5.08. The monoisotopic (exact) mass is 306 g/mol. The van der Waals surface area contributed by atoms with Gasteiger partial charge in [0, 0.05) is 35.5 Å². The van der Waals surface area contributed by atoms with E-state index in [1.165, 1.54) is 5.69 Å². The van der Waals surface area contributed by atoms with Crippen molar-refractivity contribution in [2.75, 3.05) is 5.32 Å². The number of hydrogen-bond donors (Lipinski definition) is 1. The number of anilines is 1. The molecule has 0 unspecified atom stereocenters. The maximum absolute atomic E-state index is 11.8. The number of hydrogen-bond acceptors (Lipinski definition) is 1. The van der Waals surface area contributed by atoms with Gasteiger partial charge in [0.2, 0.25) is 5.91 Å². The smallest absolute Gasteiger partial charge is 0.224 e. The zero-order valence-electron chi connectivity index (χ0n) is 10.2. The fraction of sp³-hybridized carbons (Fsp3) is 0.214. The van der Waals surface area contributed by atoms with Crippen molar-refractivity contribution < 1.29 is 4.79 Å². The van der Waals surface area contributed by atoms with Crippen LogP contribution in [-0.4, -0.2) is 10.5 Å². The fourth-order valence-electron chi connectivity index (χ4n) is 1.75. The molecule has 0 aliphatic rings. The van der Waals surface area contributed by atoms with E-state index in [4.69, 9.17) is 0 Å². The van der Waals surface area contributed by atoms with Gasteiger partial charge in [0.25, 0.3) is 0 Å². The molecule has 0 fully saturated rings. The number of carbonyl (C=O) groups is 1. The average Bonchev–Trinajstić information content (AvgIpc) is 2.75. The lowest BCUT2D eigenvalue weighted by atomic mass is 10.2. The molecule has 3 nitrogen and oxygen atoms in total. The van der Waals surface area contributed by atoms with Crippen molar-refractivity contribution in [3.63, 3.8) is 0 Å². The van der Waals surface area contributed by atoms with E-state index in [9.17, 15) is 4.79 Å². The highest BCUT2D eigenvalue weighted by molar-refractivity contribution is 9.10. The lowest BCUT2D eigenvalue weighted by Gasteiger charge is -2.06. The highest BCUT2D eigenvalue weighted by Crippen LogP contribution is 2.14. The third-order valence-corrected chi connectivity index (χ3v) is 3.32. The van der Waals surface area contributed by atoms with Crippen molar-refractivity contribution >= 4 is 27.5 Å². The van der Waals surface area contributed by atoms with Gasteiger partial charge in [-0.2, -0.15) is 0 Å². The first kappa shape index (κ1) is 12.9. The van der Waals surface area contributed by atoms with E-state index < -0.39 is 0 Å². The molecule has 0 bridgehead atoms. The van der Waals surface area contributed by atoms with Gasteiger partial charge in [-0.15, -0.1) is 0 Å². The van der Waals surface area contributed by atoms with Gasteiger partial charge >= 0.3 is 0 Å². The topological polar surface area (TPSA) is 34.0 Å². The van der Waals surface area contributed by atoms with E-state index in [1.54, 1.807) is 0 Å². The Hall–Kier alpha value is -1.55. The molecule has 0 aliphatic heterocycles. The van der Waals surface area contributed by atoms with Crippen LogP contribution in [0.25, 0.3) is 0 Å². The summed E-state index contributed by atoms with van der Waals surface area (Å²) in [5, 5.41) is 2.88. The Morgan fingerprint density at radius 1 is 1.28 bits per heavy atom. The number of nitrogens with one attached hydrogen (secondary N) is 1. The third-order valence-electron chi connectivity index (χ3n) is 2.79. The zero-order chi connectivity index (χ0) is 13.0. The Morgan fingerprint density at radius 2 is 2.00 bits per heavy atom. The number of nitrogens with zero attached hydrogens (tertiary/aromatic N) is 1. The van der Waals surface area contributed by atoms with Crippen molar-refractivity contribution in [3.05, 3.63) is 52.8 Å². The summed E-state index contributed by atoms with van der Waals surface area (Å²) in [6, 6.07) is 11.6. The lowest BCUT2D eigenvalue weighted by molar-refractivity contribution is -0.116. The van der Waals surface area contributed by atoms with Crippen LogP contribution in [0.4, 0.5) is 5.69 Å². The molecule has 0 saturated heterocycles. The number of carbonyl (C=O) groups excluding carboxylic acids is 1. The van der Waals surface area contributed by atoms with Gasteiger partial charge in [0.1, 0.15) is 0 Å². The molecule has 18 heavy (non-hydrogen) atoms. The summed E-state index contributed by atoms with van der Waals surface area (Å²) in [5.41, 5.74) is 2.00. The Bertz CT molecular complexity index is 531. The van der Waals surface area contributed by atoms with Crippen LogP contribution in [0, 0.1) is 0 Å². The molecule has 1 amide bonds. The minimum Gasteiger partial charge on any atom is -0.354 e. The summed E-state index contributed by atoms with van der Waals surface area (Å²) < 4.78 is 3.04. The van der Waals surface area contributed by atoms with Crippen molar-refractivity contribution in [2.24, 2.45) is 7.05 Å². The summed E-state index contributed by atoms with van der Waals surface area (Å²) >= 11 is 3.36. The maximum atomic E-state index is 11.8. The van der Waals surface area contributed by atoms with Crippen molar-refractivity contribution in [2.45, 2.75) is 12.8 Å². The predicted molar refractivity (Wildman–Crippen MR) is 76.5 cm³/mol. The van der Waals surface area contributed by atoms with E-state index in [1.807, 2.05) is 54.2 Å². The molecular formula is C14H15BrN2O. The summed E-state index contributed by atoms with van der Waals surface area (Å²) in [6.07, 6.45) is 3.24. The van der Waals surface area contributed by atoms with Crippen molar-refractivity contribution in [3.8, 4) is 0 Å². The molecule has 1 aromatic heterocycles. The predicted octanol–water partition coefficient (Wildman–Crippen LogP) is 3.36. The standard InChI is InChI=1S/C14H15BrN2O/c1-17-10-2-3-13(17)8-9-14(18)16-12-6-4-11(15)5-7-12/h2-7,10H,8-9H2,1H3,(H,16,18). The molecular weight excluding hydrogens is 292 g/mol. The van der Waals surface area contributed by atoms with E-state index >= 15 is 0 Å². The second-order valence-electron chi connectivity index (χ2n) is 4.17. The van der Waals surface area contributed by atoms with Gasteiger partial charge in [0.05, 0.1) is 0 Å². The number of aromatic nitrogens is 1. The molecule has 0 saturated carbocycles. The fourth-order valence-corrected chi connectivity index (χ4v) is 2.02. The van der Waals surface area contributed by atoms with Gasteiger partial charge < -0.3 is 9.88 Å². The molecule has 4 heteroatoms. The lowest BCUT2D eigenvalue weighted by Crippen LogP contribution is -2.13. The molecule has 1 aromatic carbocycles. The summed E-state index contributed by atoms with van der Waals surface area (Å²) in [4.78, 5) is 11.8. The number of amides is 1. The molecule has 1 N–H and O–H groups in total. The summed E-state index contributed by atoms with van der Waals surface area (Å²) in [6.45, 7) is 0. The van der Waals surface area contributed by atoms with Crippen LogP contribution in [0.1, 0.15) is 12.1 Å². The minimum atomic E-state index is 0.0403.